The van der Waals surface area contributed by atoms with Gasteiger partial charge in [0.1, 0.15) is 11.4 Å². The predicted molar refractivity (Wildman–Crippen MR) is 123 cm³/mol. The van der Waals surface area contributed by atoms with E-state index in [0.717, 1.165) is 11.1 Å². The normalized spacial score (nSPS) is 13.7. The number of carbonyl (C=O) groups is 2. The number of amides is 2. The van der Waals surface area contributed by atoms with Crippen molar-refractivity contribution in [1.29, 1.82) is 0 Å². The first kappa shape index (κ1) is 20.4. The van der Waals surface area contributed by atoms with Crippen molar-refractivity contribution >= 4 is 28.8 Å². The summed E-state index contributed by atoms with van der Waals surface area (Å²) in [6, 6.07) is 22.2. The lowest BCUT2D eigenvalue weighted by atomic mass is 10.0. The summed E-state index contributed by atoms with van der Waals surface area (Å²) in [6.07, 6.45) is 0. The highest BCUT2D eigenvalue weighted by Gasteiger charge is 2.40. The van der Waals surface area contributed by atoms with Crippen LogP contribution in [-0.2, 0) is 9.59 Å². The number of imide groups is 1. The van der Waals surface area contributed by atoms with E-state index in [9.17, 15) is 9.59 Å². The standard InChI is InChI=1S/C26H24N2O3/c1-4-31-22-13-9-8-12-21(22)27-24-23(19-10-6-5-7-11-19)25(29)28(26(24)30)20-15-14-17(2)18(3)16-20/h5-16,27H,4H2,1-3H3. The molecular weight excluding hydrogens is 388 g/mol. The number of carbonyl (C=O) groups excluding carboxylic acids is 2. The van der Waals surface area contributed by atoms with E-state index < -0.39 is 5.91 Å². The van der Waals surface area contributed by atoms with Crippen LogP contribution >= 0.6 is 0 Å². The van der Waals surface area contributed by atoms with Gasteiger partial charge in [0, 0.05) is 0 Å². The molecule has 0 saturated carbocycles. The Labute approximate surface area is 182 Å². The van der Waals surface area contributed by atoms with E-state index in [1.165, 1.54) is 4.90 Å². The second-order valence-corrected chi connectivity index (χ2v) is 7.38. The Morgan fingerprint density at radius 2 is 1.55 bits per heavy atom. The first-order valence-electron chi connectivity index (χ1n) is 10.3. The van der Waals surface area contributed by atoms with E-state index in [4.69, 9.17) is 4.74 Å². The molecule has 0 fully saturated rings. The lowest BCUT2D eigenvalue weighted by Gasteiger charge is -2.17. The van der Waals surface area contributed by atoms with E-state index in [1.54, 1.807) is 6.07 Å². The second kappa shape index (κ2) is 8.48. The van der Waals surface area contributed by atoms with E-state index in [1.807, 2.05) is 87.5 Å². The monoisotopic (exact) mass is 412 g/mol. The number of ether oxygens (including phenoxy) is 1. The Hall–Kier alpha value is -3.86. The molecule has 0 atom stereocenters. The van der Waals surface area contributed by atoms with Crippen LogP contribution in [0.25, 0.3) is 5.57 Å². The molecule has 156 valence electrons. The number of nitrogens with one attached hydrogen (secondary N) is 1. The Balaban J connectivity index is 1.82. The van der Waals surface area contributed by atoms with E-state index in [2.05, 4.69) is 5.32 Å². The average molecular weight is 412 g/mol. The largest absolute Gasteiger partial charge is 0.492 e. The first-order chi connectivity index (χ1) is 15.0. The zero-order valence-electron chi connectivity index (χ0n) is 17.8. The zero-order valence-corrected chi connectivity index (χ0v) is 17.8. The summed E-state index contributed by atoms with van der Waals surface area (Å²) in [5, 5.41) is 3.19. The summed E-state index contributed by atoms with van der Waals surface area (Å²) >= 11 is 0. The molecule has 0 aliphatic carbocycles. The van der Waals surface area contributed by atoms with Gasteiger partial charge < -0.3 is 10.1 Å². The molecule has 5 heteroatoms. The van der Waals surface area contributed by atoms with Crippen LogP contribution in [0.3, 0.4) is 0 Å². The van der Waals surface area contributed by atoms with Crippen LogP contribution in [0.5, 0.6) is 5.75 Å². The van der Waals surface area contributed by atoms with Gasteiger partial charge in [-0.1, -0.05) is 48.5 Å². The summed E-state index contributed by atoms with van der Waals surface area (Å²) in [5.41, 5.74) is 4.57. The van der Waals surface area contributed by atoms with Crippen molar-refractivity contribution in [1.82, 2.24) is 0 Å². The molecule has 31 heavy (non-hydrogen) atoms. The van der Waals surface area contributed by atoms with Crippen molar-refractivity contribution in [3.8, 4) is 5.75 Å². The number of anilines is 2. The molecule has 4 rings (SSSR count). The molecule has 2 amide bonds. The molecule has 0 radical (unpaired) electrons. The minimum Gasteiger partial charge on any atom is -0.492 e. The maximum atomic E-state index is 13.5. The fourth-order valence-electron chi connectivity index (χ4n) is 3.60. The SMILES string of the molecule is CCOc1ccccc1NC1=C(c2ccccc2)C(=O)N(c2ccc(C)c(C)c2)C1=O. The van der Waals surface area contributed by atoms with Crippen molar-refractivity contribution in [2.75, 3.05) is 16.8 Å². The summed E-state index contributed by atoms with van der Waals surface area (Å²) in [4.78, 5) is 28.3. The fraction of sp³-hybridized carbons (Fsp3) is 0.154. The molecule has 3 aromatic carbocycles. The summed E-state index contributed by atoms with van der Waals surface area (Å²) in [5.74, 6) is -0.121. The van der Waals surface area contributed by atoms with Gasteiger partial charge in [0.2, 0.25) is 0 Å². The molecule has 5 nitrogen and oxygen atoms in total. The van der Waals surface area contributed by atoms with Gasteiger partial charge in [0.25, 0.3) is 11.8 Å². The van der Waals surface area contributed by atoms with Gasteiger partial charge in [-0.3, -0.25) is 9.59 Å². The van der Waals surface area contributed by atoms with Gasteiger partial charge in [-0.05, 0) is 61.7 Å². The Morgan fingerprint density at radius 1 is 0.839 bits per heavy atom. The van der Waals surface area contributed by atoms with Gasteiger partial charge in [-0.25, -0.2) is 4.90 Å². The molecule has 0 saturated heterocycles. The van der Waals surface area contributed by atoms with Crippen molar-refractivity contribution in [2.45, 2.75) is 20.8 Å². The third-order valence-electron chi connectivity index (χ3n) is 5.34. The lowest BCUT2D eigenvalue weighted by Crippen LogP contribution is -2.32. The molecule has 0 unspecified atom stereocenters. The Kier molecular flexibility index (Phi) is 5.58. The van der Waals surface area contributed by atoms with Gasteiger partial charge in [-0.2, -0.15) is 0 Å². The minimum atomic E-state index is -0.390. The first-order valence-corrected chi connectivity index (χ1v) is 10.3. The summed E-state index contributed by atoms with van der Waals surface area (Å²) in [7, 11) is 0. The maximum Gasteiger partial charge on any atom is 0.282 e. The summed E-state index contributed by atoms with van der Waals surface area (Å²) in [6.45, 7) is 6.35. The summed E-state index contributed by atoms with van der Waals surface area (Å²) < 4.78 is 5.70. The zero-order chi connectivity index (χ0) is 22.0. The van der Waals surface area contributed by atoms with E-state index in [0.29, 0.717) is 34.9 Å². The number of benzene rings is 3. The Bertz CT molecular complexity index is 1180. The van der Waals surface area contributed by atoms with Crippen LogP contribution in [0.4, 0.5) is 11.4 Å². The van der Waals surface area contributed by atoms with Crippen LogP contribution < -0.4 is 15.0 Å². The highest BCUT2D eigenvalue weighted by atomic mass is 16.5. The smallest absolute Gasteiger partial charge is 0.282 e. The molecular formula is C26H24N2O3. The number of nitrogens with zero attached hydrogens (tertiary/aromatic N) is 1. The molecule has 0 aromatic heterocycles. The third-order valence-corrected chi connectivity index (χ3v) is 5.34. The van der Waals surface area contributed by atoms with Gasteiger partial charge >= 0.3 is 0 Å². The topological polar surface area (TPSA) is 58.6 Å². The van der Waals surface area contributed by atoms with Crippen molar-refractivity contribution in [3.63, 3.8) is 0 Å². The second-order valence-electron chi connectivity index (χ2n) is 7.38. The van der Waals surface area contributed by atoms with Gasteiger partial charge in [0.15, 0.2) is 0 Å². The van der Waals surface area contributed by atoms with Crippen molar-refractivity contribution < 1.29 is 14.3 Å². The van der Waals surface area contributed by atoms with Crippen LogP contribution in [0, 0.1) is 13.8 Å². The molecule has 1 N–H and O–H groups in total. The number of rotatable bonds is 6. The van der Waals surface area contributed by atoms with Crippen LogP contribution in [0.1, 0.15) is 23.6 Å². The molecule has 1 aliphatic rings. The fourth-order valence-corrected chi connectivity index (χ4v) is 3.60. The molecule has 0 bridgehead atoms. The average Bonchev–Trinajstić information content (AvgIpc) is 3.02. The van der Waals surface area contributed by atoms with E-state index >= 15 is 0 Å². The predicted octanol–water partition coefficient (Wildman–Crippen LogP) is 5.10. The number of hydrogen-bond donors (Lipinski definition) is 1. The van der Waals surface area contributed by atoms with Crippen molar-refractivity contribution in [3.05, 3.63) is 95.2 Å². The van der Waals surface area contributed by atoms with E-state index in [-0.39, 0.29) is 11.6 Å². The molecule has 3 aromatic rings. The lowest BCUT2D eigenvalue weighted by molar-refractivity contribution is -0.120. The number of aryl methyl sites for hydroxylation is 2. The van der Waals surface area contributed by atoms with Crippen LogP contribution in [-0.4, -0.2) is 18.4 Å². The highest BCUT2D eigenvalue weighted by Crippen LogP contribution is 2.36. The third kappa shape index (κ3) is 3.82. The van der Waals surface area contributed by atoms with Crippen LogP contribution in [0.2, 0.25) is 0 Å². The van der Waals surface area contributed by atoms with Gasteiger partial charge in [-0.15, -0.1) is 0 Å². The molecule has 1 heterocycles. The Morgan fingerprint density at radius 3 is 2.26 bits per heavy atom. The maximum absolute atomic E-state index is 13.5. The minimum absolute atomic E-state index is 0.238. The number of hydrogen-bond acceptors (Lipinski definition) is 4. The molecule has 0 spiro atoms. The number of para-hydroxylation sites is 2. The molecule has 1 aliphatic heterocycles. The van der Waals surface area contributed by atoms with Crippen LogP contribution in [0.15, 0.2) is 78.5 Å². The van der Waals surface area contributed by atoms with Crippen molar-refractivity contribution in [2.24, 2.45) is 0 Å². The van der Waals surface area contributed by atoms with Gasteiger partial charge in [0.05, 0.1) is 23.6 Å². The highest BCUT2D eigenvalue weighted by molar-refractivity contribution is 6.46. The quantitative estimate of drug-likeness (QED) is 0.573.